The minimum absolute atomic E-state index is 0.0167. The lowest BCUT2D eigenvalue weighted by Crippen LogP contribution is -2.22. The van der Waals surface area contributed by atoms with Crippen LogP contribution in [0.5, 0.6) is 0 Å². The minimum Gasteiger partial charge on any atom is -0.408 e. The van der Waals surface area contributed by atoms with Crippen LogP contribution in [0.15, 0.2) is 44.9 Å². The van der Waals surface area contributed by atoms with E-state index in [1.54, 1.807) is 24.5 Å². The SMILES string of the molecule is Cn1c(=O)oc2cc(CNC(=O)CCc3cccs3)ccc21. The number of rotatable bonds is 5. The normalized spacial score (nSPS) is 11.0. The second-order valence-corrected chi connectivity index (χ2v) is 6.12. The van der Waals surface area contributed by atoms with Gasteiger partial charge in [0.15, 0.2) is 5.58 Å². The number of hydrogen-bond donors (Lipinski definition) is 1. The molecule has 1 amide bonds. The molecule has 0 unspecified atom stereocenters. The van der Waals surface area contributed by atoms with E-state index in [0.29, 0.717) is 18.5 Å². The van der Waals surface area contributed by atoms with E-state index in [9.17, 15) is 9.59 Å². The van der Waals surface area contributed by atoms with Crippen LogP contribution in [0.1, 0.15) is 16.9 Å². The molecule has 22 heavy (non-hydrogen) atoms. The largest absolute Gasteiger partial charge is 0.419 e. The van der Waals surface area contributed by atoms with Gasteiger partial charge in [-0.1, -0.05) is 12.1 Å². The van der Waals surface area contributed by atoms with Crippen LogP contribution >= 0.6 is 11.3 Å². The Kier molecular flexibility index (Phi) is 4.11. The molecule has 2 aromatic heterocycles. The summed E-state index contributed by atoms with van der Waals surface area (Å²) in [5, 5.41) is 4.90. The van der Waals surface area contributed by atoms with Gasteiger partial charge in [-0.3, -0.25) is 9.36 Å². The average molecular weight is 316 g/mol. The Morgan fingerprint density at radius 3 is 3.00 bits per heavy atom. The van der Waals surface area contributed by atoms with Crippen LogP contribution in [-0.4, -0.2) is 10.5 Å². The van der Waals surface area contributed by atoms with Gasteiger partial charge in [0.05, 0.1) is 5.52 Å². The van der Waals surface area contributed by atoms with E-state index in [1.165, 1.54) is 9.44 Å². The number of thiophene rings is 1. The molecule has 0 bridgehead atoms. The summed E-state index contributed by atoms with van der Waals surface area (Å²) in [5.41, 5.74) is 2.20. The lowest BCUT2D eigenvalue weighted by molar-refractivity contribution is -0.121. The predicted molar refractivity (Wildman–Crippen MR) is 85.9 cm³/mol. The van der Waals surface area contributed by atoms with Gasteiger partial charge in [0.25, 0.3) is 0 Å². The molecule has 0 fully saturated rings. The number of benzene rings is 1. The highest BCUT2D eigenvalue weighted by molar-refractivity contribution is 7.09. The van der Waals surface area contributed by atoms with Gasteiger partial charge in [0.1, 0.15) is 0 Å². The molecule has 0 radical (unpaired) electrons. The van der Waals surface area contributed by atoms with Crippen molar-refractivity contribution in [2.45, 2.75) is 19.4 Å². The smallest absolute Gasteiger partial charge is 0.408 e. The van der Waals surface area contributed by atoms with Gasteiger partial charge in [-0.15, -0.1) is 11.3 Å². The monoisotopic (exact) mass is 316 g/mol. The molecule has 3 rings (SSSR count). The Labute approximate surface area is 131 Å². The van der Waals surface area contributed by atoms with Crippen LogP contribution in [0.4, 0.5) is 0 Å². The second kappa shape index (κ2) is 6.19. The third-order valence-electron chi connectivity index (χ3n) is 3.52. The fourth-order valence-electron chi connectivity index (χ4n) is 2.27. The Hall–Kier alpha value is -2.34. The molecule has 0 atom stereocenters. The number of fused-ring (bicyclic) bond motifs is 1. The molecule has 5 nitrogen and oxygen atoms in total. The van der Waals surface area contributed by atoms with Crippen molar-refractivity contribution < 1.29 is 9.21 Å². The fourth-order valence-corrected chi connectivity index (χ4v) is 2.98. The van der Waals surface area contributed by atoms with Crippen molar-refractivity contribution in [2.24, 2.45) is 7.05 Å². The number of amides is 1. The van der Waals surface area contributed by atoms with Crippen molar-refractivity contribution >= 4 is 28.3 Å². The van der Waals surface area contributed by atoms with Gasteiger partial charge in [-0.2, -0.15) is 0 Å². The highest BCUT2D eigenvalue weighted by Gasteiger charge is 2.07. The number of nitrogens with one attached hydrogen (secondary N) is 1. The highest BCUT2D eigenvalue weighted by atomic mass is 32.1. The predicted octanol–water partition coefficient (Wildman–Crippen LogP) is 2.44. The summed E-state index contributed by atoms with van der Waals surface area (Å²) in [6.07, 6.45) is 1.24. The number of hydrogen-bond acceptors (Lipinski definition) is 4. The first-order chi connectivity index (χ1) is 10.6. The molecule has 0 spiro atoms. The van der Waals surface area contributed by atoms with Crippen LogP contribution in [0, 0.1) is 0 Å². The van der Waals surface area contributed by atoms with E-state index in [0.717, 1.165) is 17.5 Å². The standard InChI is InChI=1S/C16H16N2O3S/c1-18-13-6-4-11(9-14(13)21-16(18)20)10-17-15(19)7-5-12-3-2-8-22-12/h2-4,6,8-9H,5,7,10H2,1H3,(H,17,19). The van der Waals surface area contributed by atoms with Gasteiger partial charge in [-0.25, -0.2) is 4.79 Å². The van der Waals surface area contributed by atoms with E-state index < -0.39 is 0 Å². The Morgan fingerprint density at radius 2 is 2.23 bits per heavy atom. The van der Waals surface area contributed by atoms with Gasteiger partial charge < -0.3 is 9.73 Å². The van der Waals surface area contributed by atoms with Gasteiger partial charge in [0.2, 0.25) is 5.91 Å². The molecule has 0 aliphatic carbocycles. The maximum atomic E-state index is 11.8. The fraction of sp³-hybridized carbons (Fsp3) is 0.250. The first-order valence-corrected chi connectivity index (χ1v) is 7.89. The summed E-state index contributed by atoms with van der Waals surface area (Å²) < 4.78 is 6.60. The van der Waals surface area contributed by atoms with Crippen LogP contribution in [0.2, 0.25) is 0 Å². The quantitative estimate of drug-likeness (QED) is 0.786. The van der Waals surface area contributed by atoms with E-state index >= 15 is 0 Å². The second-order valence-electron chi connectivity index (χ2n) is 5.09. The molecule has 0 aliphatic rings. The zero-order valence-electron chi connectivity index (χ0n) is 12.2. The maximum Gasteiger partial charge on any atom is 0.419 e. The lowest BCUT2D eigenvalue weighted by atomic mass is 10.2. The number of carbonyl (C=O) groups excluding carboxylic acids is 1. The minimum atomic E-state index is -0.382. The molecule has 1 N–H and O–H groups in total. The molecule has 0 saturated carbocycles. The Balaban J connectivity index is 1.59. The number of oxazole rings is 1. The molecule has 6 heteroatoms. The lowest BCUT2D eigenvalue weighted by Gasteiger charge is -2.05. The first-order valence-electron chi connectivity index (χ1n) is 7.01. The Bertz CT molecular complexity index is 846. The van der Waals surface area contributed by atoms with E-state index in [2.05, 4.69) is 5.32 Å². The van der Waals surface area contributed by atoms with Crippen molar-refractivity contribution in [1.29, 1.82) is 0 Å². The third-order valence-corrected chi connectivity index (χ3v) is 4.46. The zero-order chi connectivity index (χ0) is 15.5. The van der Waals surface area contributed by atoms with Gasteiger partial charge >= 0.3 is 5.76 Å². The molecule has 0 saturated heterocycles. The van der Waals surface area contributed by atoms with Gasteiger partial charge in [0, 0.05) is 24.9 Å². The number of aromatic nitrogens is 1. The average Bonchev–Trinajstić information content (AvgIpc) is 3.12. The number of carbonyl (C=O) groups is 1. The van der Waals surface area contributed by atoms with Crippen LogP contribution in [0.25, 0.3) is 11.1 Å². The number of nitrogens with zero attached hydrogens (tertiary/aromatic N) is 1. The highest BCUT2D eigenvalue weighted by Crippen LogP contribution is 2.14. The molecule has 2 heterocycles. The van der Waals surface area contributed by atoms with Crippen molar-refractivity contribution in [3.8, 4) is 0 Å². The van der Waals surface area contributed by atoms with Crippen LogP contribution < -0.4 is 11.1 Å². The summed E-state index contributed by atoms with van der Waals surface area (Å²) in [5.74, 6) is -0.366. The summed E-state index contributed by atoms with van der Waals surface area (Å²) in [6, 6.07) is 9.52. The molecule has 1 aromatic carbocycles. The van der Waals surface area contributed by atoms with Crippen molar-refractivity contribution in [2.75, 3.05) is 0 Å². The molecule has 0 aliphatic heterocycles. The summed E-state index contributed by atoms with van der Waals surface area (Å²) in [4.78, 5) is 24.5. The van der Waals surface area contributed by atoms with E-state index in [1.807, 2.05) is 29.6 Å². The molecular formula is C16H16N2O3S. The topological polar surface area (TPSA) is 64.2 Å². The number of aryl methyl sites for hydroxylation is 2. The zero-order valence-corrected chi connectivity index (χ0v) is 13.0. The van der Waals surface area contributed by atoms with Crippen LogP contribution in [0.3, 0.4) is 0 Å². The van der Waals surface area contributed by atoms with Crippen molar-refractivity contribution in [3.63, 3.8) is 0 Å². The molecular weight excluding hydrogens is 300 g/mol. The van der Waals surface area contributed by atoms with Crippen molar-refractivity contribution in [3.05, 3.63) is 56.7 Å². The molecule has 114 valence electrons. The van der Waals surface area contributed by atoms with Crippen molar-refractivity contribution in [1.82, 2.24) is 9.88 Å². The third kappa shape index (κ3) is 3.12. The van der Waals surface area contributed by atoms with Crippen LogP contribution in [-0.2, 0) is 24.8 Å². The van der Waals surface area contributed by atoms with Gasteiger partial charge in [-0.05, 0) is 35.6 Å². The molecule has 3 aromatic rings. The summed E-state index contributed by atoms with van der Waals surface area (Å²) in [7, 11) is 1.67. The van der Waals surface area contributed by atoms with E-state index in [4.69, 9.17) is 4.42 Å². The van der Waals surface area contributed by atoms with E-state index in [-0.39, 0.29) is 11.7 Å². The first kappa shape index (κ1) is 14.6. The summed E-state index contributed by atoms with van der Waals surface area (Å²) >= 11 is 1.66. The Morgan fingerprint density at radius 1 is 1.36 bits per heavy atom. The summed E-state index contributed by atoms with van der Waals surface area (Å²) in [6.45, 7) is 0.428. The maximum absolute atomic E-state index is 11.8.